The van der Waals surface area contributed by atoms with E-state index in [0.717, 1.165) is 88.2 Å². The van der Waals surface area contributed by atoms with Gasteiger partial charge in [0.15, 0.2) is 0 Å². The lowest BCUT2D eigenvalue weighted by molar-refractivity contribution is -0.143. The van der Waals surface area contributed by atoms with Crippen LogP contribution in [0, 0.1) is 50.4 Å². The fraction of sp³-hybridized carbons (Fsp3) is 0.600. The summed E-state index contributed by atoms with van der Waals surface area (Å²) in [6, 6.07) is -0.391. The summed E-state index contributed by atoms with van der Waals surface area (Å²) in [6.45, 7) is 24.8. The number of hydrogen-bond donors (Lipinski definition) is 5. The van der Waals surface area contributed by atoms with Crippen LogP contribution in [-0.4, -0.2) is 51.8 Å². The summed E-state index contributed by atoms with van der Waals surface area (Å²) in [5.41, 5.74) is 13.4. The van der Waals surface area contributed by atoms with Crippen molar-refractivity contribution < 1.29 is 24.2 Å². The molecule has 9 heteroatoms. The van der Waals surface area contributed by atoms with Crippen molar-refractivity contribution in [1.29, 1.82) is 0 Å². The van der Waals surface area contributed by atoms with E-state index in [4.69, 9.17) is 9.47 Å². The highest BCUT2D eigenvalue weighted by atomic mass is 16.5. The van der Waals surface area contributed by atoms with Crippen molar-refractivity contribution in [2.24, 2.45) is 29.6 Å². The van der Waals surface area contributed by atoms with Gasteiger partial charge in [0.2, 0.25) is 0 Å². The van der Waals surface area contributed by atoms with Crippen molar-refractivity contribution in [2.75, 3.05) is 13.7 Å². The average Bonchev–Trinajstić information content (AvgIpc) is 3.99. The summed E-state index contributed by atoms with van der Waals surface area (Å²) >= 11 is 0. The van der Waals surface area contributed by atoms with Crippen molar-refractivity contribution in [2.45, 2.75) is 172 Å². The summed E-state index contributed by atoms with van der Waals surface area (Å²) in [5, 5.41) is 17.9. The van der Waals surface area contributed by atoms with Crippen LogP contribution in [0.25, 0.3) is 23.8 Å². The minimum atomic E-state index is -1.16. The molecule has 1 saturated heterocycles. The first kappa shape index (κ1) is 48.9. The summed E-state index contributed by atoms with van der Waals surface area (Å²) in [6.07, 6.45) is 21.4. The molecule has 0 amide bonds. The molecule has 1 unspecified atom stereocenters. The Morgan fingerprint density at radius 1 is 0.781 bits per heavy atom. The van der Waals surface area contributed by atoms with Crippen LogP contribution in [0.2, 0.25) is 0 Å². The number of aromatic nitrogens is 3. The number of nitrogens with one attached hydrogen (secondary N) is 4. The molecule has 3 aliphatic rings. The van der Waals surface area contributed by atoms with Crippen molar-refractivity contribution in [3.8, 4) is 0 Å². The molecule has 6 atom stereocenters. The number of methoxy groups -OCH3 is 1. The van der Waals surface area contributed by atoms with Gasteiger partial charge >= 0.3 is 11.9 Å². The van der Waals surface area contributed by atoms with E-state index < -0.39 is 18.1 Å². The van der Waals surface area contributed by atoms with Gasteiger partial charge in [0, 0.05) is 57.0 Å². The van der Waals surface area contributed by atoms with Crippen LogP contribution >= 0.6 is 0 Å². The van der Waals surface area contributed by atoms with E-state index in [2.05, 4.69) is 114 Å². The zero-order valence-corrected chi connectivity index (χ0v) is 41.3. The predicted octanol–water partition coefficient (Wildman–Crippen LogP) is 10.6. The van der Waals surface area contributed by atoms with E-state index >= 15 is 0 Å². The summed E-state index contributed by atoms with van der Waals surface area (Å²) < 4.78 is 11.2. The fourth-order valence-electron chi connectivity index (χ4n) is 10.9. The average molecular weight is 877 g/mol. The Bertz CT molecular complexity index is 2360. The Hall–Kier alpha value is -4.50. The van der Waals surface area contributed by atoms with Gasteiger partial charge in [-0.05, 0) is 136 Å². The van der Waals surface area contributed by atoms with E-state index in [9.17, 15) is 14.7 Å². The largest absolute Gasteiger partial charge is 0.466 e. The molecule has 5 N–H and O–H groups in total. The van der Waals surface area contributed by atoms with Gasteiger partial charge in [-0.2, -0.15) is 0 Å². The molecule has 9 nitrogen and oxygen atoms in total. The first-order valence-electron chi connectivity index (χ1n) is 24.7. The molecule has 6 rings (SSSR count). The number of aliphatic hydroxyl groups is 1. The highest BCUT2D eigenvalue weighted by Gasteiger charge is 2.47. The van der Waals surface area contributed by atoms with E-state index in [0.29, 0.717) is 17.6 Å². The molecule has 0 radical (unpaired) electrons. The molecule has 3 aromatic rings. The third-order valence-electron chi connectivity index (χ3n) is 15.0. The second-order valence-corrected chi connectivity index (χ2v) is 20.1. The Morgan fingerprint density at radius 3 is 2.08 bits per heavy atom. The summed E-state index contributed by atoms with van der Waals surface area (Å²) in [5.74, 6) is 1.46. The zero-order valence-electron chi connectivity index (χ0n) is 41.3. The lowest BCUT2D eigenvalue weighted by atomic mass is 9.82. The number of hydrogen-bond acceptors (Lipinski definition) is 6. The minimum absolute atomic E-state index is 0.00841. The molecule has 5 heterocycles. The number of carbonyl (C=O) groups is 2. The SMILES string of the molecule is CCc1c2[nH]c(c1C)/C=C1\NC(C3=C(C(=O)OC)[C@H](O)c4c3[nH]c(c4C)/C=c3\[nH]/c(c(C)c3CC)=C\2)[C@@H](CCC(=O)OC/C=C(\C)CCC[C@@H](C)CCC[C@H](C)CCCC(C)C)[C@@H]1C. The number of H-pyrrole nitrogens is 3. The number of ether oxygens (including phenoxy) is 2. The number of esters is 2. The van der Waals surface area contributed by atoms with Crippen molar-refractivity contribution in [3.63, 3.8) is 0 Å². The van der Waals surface area contributed by atoms with E-state index in [-0.39, 0.29) is 36.4 Å². The van der Waals surface area contributed by atoms with Crippen LogP contribution < -0.4 is 16.0 Å². The molecule has 0 aromatic carbocycles. The number of aromatic amines is 3. The third-order valence-corrected chi connectivity index (χ3v) is 15.0. The quantitative estimate of drug-likeness (QED) is 0.0567. The number of carbonyl (C=O) groups excluding carboxylic acids is 2. The molecule has 3 aromatic heterocycles. The maximum atomic E-state index is 13.7. The predicted molar refractivity (Wildman–Crippen MR) is 262 cm³/mol. The van der Waals surface area contributed by atoms with Crippen LogP contribution in [0.5, 0.6) is 0 Å². The van der Waals surface area contributed by atoms with E-state index in [1.54, 1.807) is 0 Å². The van der Waals surface area contributed by atoms with Gasteiger partial charge in [0.1, 0.15) is 12.7 Å². The number of fused-ring (bicyclic) bond motifs is 8. The molecule has 350 valence electrons. The monoisotopic (exact) mass is 877 g/mol. The zero-order chi connectivity index (χ0) is 46.4. The van der Waals surface area contributed by atoms with Gasteiger partial charge < -0.3 is 34.8 Å². The van der Waals surface area contributed by atoms with Gasteiger partial charge in [-0.25, -0.2) is 4.79 Å². The van der Waals surface area contributed by atoms with Crippen molar-refractivity contribution in [1.82, 2.24) is 20.3 Å². The highest BCUT2D eigenvalue weighted by molar-refractivity contribution is 6.03. The van der Waals surface area contributed by atoms with E-state index in [1.807, 2.05) is 6.92 Å². The maximum Gasteiger partial charge on any atom is 0.337 e. The van der Waals surface area contributed by atoms with Crippen LogP contribution in [-0.2, 0) is 31.9 Å². The highest BCUT2D eigenvalue weighted by Crippen LogP contribution is 2.50. The molecular weight excluding hydrogens is 797 g/mol. The summed E-state index contributed by atoms with van der Waals surface area (Å²) in [4.78, 5) is 38.3. The van der Waals surface area contributed by atoms with Crippen LogP contribution in [0.1, 0.15) is 188 Å². The molecule has 2 aliphatic heterocycles. The smallest absolute Gasteiger partial charge is 0.337 e. The molecule has 0 saturated carbocycles. The lowest BCUT2D eigenvalue weighted by Crippen LogP contribution is -2.30. The van der Waals surface area contributed by atoms with E-state index in [1.165, 1.54) is 79.9 Å². The van der Waals surface area contributed by atoms with Crippen LogP contribution in [0.15, 0.2) is 22.9 Å². The van der Waals surface area contributed by atoms with Gasteiger partial charge in [-0.3, -0.25) is 4.79 Å². The van der Waals surface area contributed by atoms with Gasteiger partial charge in [0.25, 0.3) is 0 Å². The minimum Gasteiger partial charge on any atom is -0.466 e. The van der Waals surface area contributed by atoms with Gasteiger partial charge in [-0.1, -0.05) is 99.0 Å². The van der Waals surface area contributed by atoms with Gasteiger partial charge in [-0.15, -0.1) is 0 Å². The number of allylic oxidation sites excluding steroid dienone is 2. The second kappa shape index (κ2) is 21.7. The van der Waals surface area contributed by atoms with Gasteiger partial charge in [0.05, 0.1) is 24.4 Å². The van der Waals surface area contributed by atoms with Crippen molar-refractivity contribution >= 4 is 35.7 Å². The second-order valence-electron chi connectivity index (χ2n) is 20.1. The maximum absolute atomic E-state index is 13.7. The van der Waals surface area contributed by atoms with Crippen LogP contribution in [0.4, 0.5) is 0 Å². The third kappa shape index (κ3) is 10.8. The number of rotatable bonds is 20. The Labute approximate surface area is 383 Å². The fourth-order valence-corrected chi connectivity index (χ4v) is 10.9. The first-order valence-corrected chi connectivity index (χ1v) is 24.7. The molecule has 1 aliphatic carbocycles. The molecule has 0 spiro atoms. The standard InChI is InChI=1S/C55H80N4O5/c1-13-39-35(8)42-28-44-37(10)41(24-25-48(60)64-27-26-34(7)23-17-22-33(6)21-16-20-32(5)19-15-18-31(3)4)52(58-44)50-51(55(62)63-12)54(61)49-38(11)45(59-53(49)50)30-47-40(14-2)36(9)43(57-47)29-46(39)56-42/h26,28-33,37,41,52,54,56-59,61H,13-25,27H2,1-12H3/b34-26+,43-29-,44-28-,47-30-/t32-,33+,37+,41+,52?,54-/m1/s1. The molecule has 1 fully saturated rings. The summed E-state index contributed by atoms with van der Waals surface area (Å²) in [7, 11) is 1.36. The number of aliphatic hydroxyl groups excluding tert-OH is 1. The van der Waals surface area contributed by atoms with Crippen molar-refractivity contribution in [3.05, 3.63) is 89.8 Å². The normalized spacial score (nSPS) is 22.1. The lowest BCUT2D eigenvalue weighted by Gasteiger charge is -2.24. The first-order chi connectivity index (χ1) is 30.6. The Balaban J connectivity index is 1.20. The molecular formula is C55H80N4O5. The van der Waals surface area contributed by atoms with Crippen LogP contribution in [0.3, 0.4) is 0 Å². The Kier molecular flexibility index (Phi) is 16.6. The molecule has 64 heavy (non-hydrogen) atoms. The Morgan fingerprint density at radius 2 is 1.42 bits per heavy atom. The molecule has 8 bridgehead atoms. The topological polar surface area (TPSA) is 132 Å².